The van der Waals surface area contributed by atoms with Crippen LogP contribution in [0.1, 0.15) is 20.8 Å². The molecule has 0 fully saturated rings. The summed E-state index contributed by atoms with van der Waals surface area (Å²) in [6.45, 7) is 5.51. The molecule has 4 heterocycles. The summed E-state index contributed by atoms with van der Waals surface area (Å²) in [7, 11) is 0. The van der Waals surface area contributed by atoms with Gasteiger partial charge in [-0.2, -0.15) is 0 Å². The van der Waals surface area contributed by atoms with Gasteiger partial charge in [0, 0.05) is 24.8 Å². The molecular formula is C19H18Br2N4O2. The molecule has 0 saturated heterocycles. The number of fused-ring (bicyclic) bond motifs is 2. The highest BCUT2D eigenvalue weighted by atomic mass is 79.9. The monoisotopic (exact) mass is 492 g/mol. The zero-order valence-corrected chi connectivity index (χ0v) is 18.2. The number of aromatic amines is 1. The van der Waals surface area contributed by atoms with Crippen molar-refractivity contribution in [3.63, 3.8) is 0 Å². The zero-order valence-electron chi connectivity index (χ0n) is 15.0. The molecule has 0 aliphatic carbocycles. The standard InChI is InChI=1S/C12H13BrN2O2.C7H5BrN2/c1-12(2,3)17-11(16)15-7-8(13)10-9(15)5-4-6-14-10;8-5-4-10-6-2-1-3-9-7(5)6/h4-7H,1-3H3;1-4,10H. The summed E-state index contributed by atoms with van der Waals surface area (Å²) in [6, 6.07) is 7.52. The van der Waals surface area contributed by atoms with E-state index in [4.69, 9.17) is 4.74 Å². The SMILES string of the molecule is Brc1c[nH]c2cccnc12.CC(C)(C)OC(=O)n1cc(Br)c2ncccc21. The molecule has 0 spiro atoms. The highest BCUT2D eigenvalue weighted by Gasteiger charge is 2.20. The van der Waals surface area contributed by atoms with E-state index in [9.17, 15) is 4.79 Å². The molecule has 0 aromatic carbocycles. The first-order valence-corrected chi connectivity index (χ1v) is 9.77. The number of halogens is 2. The Morgan fingerprint density at radius 1 is 1.07 bits per heavy atom. The Labute approximate surface area is 173 Å². The smallest absolute Gasteiger partial charge is 0.419 e. The van der Waals surface area contributed by atoms with Crippen LogP contribution in [0, 0.1) is 0 Å². The fraction of sp³-hybridized carbons (Fsp3) is 0.211. The minimum Gasteiger partial charge on any atom is -0.443 e. The summed E-state index contributed by atoms with van der Waals surface area (Å²) < 4.78 is 8.57. The topological polar surface area (TPSA) is 72.8 Å². The molecule has 8 heteroatoms. The van der Waals surface area contributed by atoms with Crippen LogP contribution < -0.4 is 0 Å². The van der Waals surface area contributed by atoms with Gasteiger partial charge in [-0.25, -0.2) is 9.36 Å². The van der Waals surface area contributed by atoms with Crippen molar-refractivity contribution in [3.05, 3.63) is 58.0 Å². The van der Waals surface area contributed by atoms with E-state index in [2.05, 4.69) is 46.8 Å². The van der Waals surface area contributed by atoms with Crippen LogP contribution in [0.3, 0.4) is 0 Å². The summed E-state index contributed by atoms with van der Waals surface area (Å²) in [4.78, 5) is 23.4. The molecule has 0 radical (unpaired) electrons. The summed E-state index contributed by atoms with van der Waals surface area (Å²) in [5.41, 5.74) is 3.02. The first-order valence-electron chi connectivity index (χ1n) is 8.19. The van der Waals surface area contributed by atoms with Gasteiger partial charge >= 0.3 is 6.09 Å². The van der Waals surface area contributed by atoms with Crippen molar-refractivity contribution in [3.8, 4) is 0 Å². The van der Waals surface area contributed by atoms with E-state index in [1.165, 1.54) is 4.57 Å². The summed E-state index contributed by atoms with van der Waals surface area (Å²) in [5.74, 6) is 0. The van der Waals surface area contributed by atoms with Crippen LogP contribution in [0.2, 0.25) is 0 Å². The van der Waals surface area contributed by atoms with Crippen LogP contribution in [-0.4, -0.2) is 31.2 Å². The minimum absolute atomic E-state index is 0.402. The van der Waals surface area contributed by atoms with Crippen molar-refractivity contribution < 1.29 is 9.53 Å². The molecule has 4 rings (SSSR count). The van der Waals surface area contributed by atoms with Crippen molar-refractivity contribution in [2.45, 2.75) is 26.4 Å². The predicted octanol–water partition coefficient (Wildman–Crippen LogP) is 5.91. The minimum atomic E-state index is -0.512. The zero-order chi connectivity index (χ0) is 19.6. The summed E-state index contributed by atoms with van der Waals surface area (Å²) in [6.07, 6.45) is 6.62. The van der Waals surface area contributed by atoms with Gasteiger partial charge in [0.25, 0.3) is 0 Å². The largest absolute Gasteiger partial charge is 0.443 e. The van der Waals surface area contributed by atoms with Crippen LogP contribution >= 0.6 is 31.9 Å². The van der Waals surface area contributed by atoms with E-state index in [0.29, 0.717) is 0 Å². The maximum Gasteiger partial charge on any atom is 0.419 e. The van der Waals surface area contributed by atoms with Gasteiger partial charge in [0.2, 0.25) is 0 Å². The molecular weight excluding hydrogens is 476 g/mol. The average molecular weight is 494 g/mol. The van der Waals surface area contributed by atoms with Gasteiger partial charge in [-0.3, -0.25) is 9.97 Å². The lowest BCUT2D eigenvalue weighted by Crippen LogP contribution is -2.26. The van der Waals surface area contributed by atoms with Gasteiger partial charge in [-0.1, -0.05) is 0 Å². The Balaban J connectivity index is 0.000000177. The molecule has 6 nitrogen and oxygen atoms in total. The van der Waals surface area contributed by atoms with Crippen molar-refractivity contribution >= 4 is 60.0 Å². The van der Waals surface area contributed by atoms with E-state index in [1.807, 2.05) is 45.2 Å². The highest BCUT2D eigenvalue weighted by Crippen LogP contribution is 2.25. The molecule has 27 heavy (non-hydrogen) atoms. The maximum atomic E-state index is 12.0. The van der Waals surface area contributed by atoms with Crippen molar-refractivity contribution in [2.24, 2.45) is 0 Å². The highest BCUT2D eigenvalue weighted by molar-refractivity contribution is 9.11. The molecule has 0 aliphatic heterocycles. The van der Waals surface area contributed by atoms with E-state index in [0.717, 1.165) is 31.0 Å². The molecule has 0 bridgehead atoms. The van der Waals surface area contributed by atoms with Crippen molar-refractivity contribution in [1.29, 1.82) is 0 Å². The number of carbonyl (C=O) groups excluding carboxylic acids is 1. The van der Waals surface area contributed by atoms with Crippen LogP contribution in [0.15, 0.2) is 58.0 Å². The number of pyridine rings is 2. The van der Waals surface area contributed by atoms with Gasteiger partial charge in [-0.15, -0.1) is 0 Å². The Hall–Kier alpha value is -2.19. The fourth-order valence-electron chi connectivity index (χ4n) is 2.40. The Kier molecular flexibility index (Phi) is 5.67. The van der Waals surface area contributed by atoms with E-state index >= 15 is 0 Å². The van der Waals surface area contributed by atoms with E-state index in [1.54, 1.807) is 24.7 Å². The second-order valence-corrected chi connectivity index (χ2v) is 8.44. The maximum absolute atomic E-state index is 12.0. The normalized spacial score (nSPS) is 11.3. The second kappa shape index (κ2) is 7.82. The Morgan fingerprint density at radius 3 is 2.41 bits per heavy atom. The molecule has 0 saturated carbocycles. The van der Waals surface area contributed by atoms with Crippen molar-refractivity contribution in [1.82, 2.24) is 19.5 Å². The number of nitrogens with one attached hydrogen (secondary N) is 1. The molecule has 140 valence electrons. The van der Waals surface area contributed by atoms with E-state index in [-0.39, 0.29) is 0 Å². The molecule has 4 aromatic heterocycles. The summed E-state index contributed by atoms with van der Waals surface area (Å²) in [5, 5.41) is 0. The lowest BCUT2D eigenvalue weighted by molar-refractivity contribution is 0.0544. The van der Waals surface area contributed by atoms with Crippen LogP contribution in [-0.2, 0) is 4.74 Å². The lowest BCUT2D eigenvalue weighted by atomic mass is 10.2. The first kappa shape index (κ1) is 19.6. The van der Waals surface area contributed by atoms with Gasteiger partial charge < -0.3 is 9.72 Å². The number of hydrogen-bond donors (Lipinski definition) is 1. The average Bonchev–Trinajstić information content (AvgIpc) is 3.16. The van der Waals surface area contributed by atoms with Gasteiger partial charge in [0.1, 0.15) is 16.6 Å². The van der Waals surface area contributed by atoms with Crippen LogP contribution in [0.4, 0.5) is 4.79 Å². The second-order valence-electron chi connectivity index (χ2n) is 6.73. The van der Waals surface area contributed by atoms with Gasteiger partial charge in [0.05, 0.1) is 20.0 Å². The van der Waals surface area contributed by atoms with Gasteiger partial charge in [-0.05, 0) is 76.9 Å². The number of ether oxygens (including phenoxy) is 1. The van der Waals surface area contributed by atoms with E-state index < -0.39 is 11.7 Å². The third-order valence-corrected chi connectivity index (χ3v) is 4.68. The van der Waals surface area contributed by atoms with Crippen molar-refractivity contribution in [2.75, 3.05) is 0 Å². The number of nitrogens with zero attached hydrogens (tertiary/aromatic N) is 3. The van der Waals surface area contributed by atoms with Gasteiger partial charge in [0.15, 0.2) is 0 Å². The Morgan fingerprint density at radius 2 is 1.74 bits per heavy atom. The molecule has 0 aliphatic rings. The quantitative estimate of drug-likeness (QED) is 0.330. The first-order chi connectivity index (χ1) is 12.8. The molecule has 0 amide bonds. The third-order valence-electron chi connectivity index (χ3n) is 3.49. The molecule has 4 aromatic rings. The lowest BCUT2D eigenvalue weighted by Gasteiger charge is -2.19. The molecule has 0 unspecified atom stereocenters. The number of rotatable bonds is 0. The Bertz CT molecular complexity index is 1100. The number of H-pyrrole nitrogens is 1. The number of aromatic nitrogens is 4. The third kappa shape index (κ3) is 4.56. The van der Waals surface area contributed by atoms with Crippen LogP contribution in [0.25, 0.3) is 22.1 Å². The fourth-order valence-corrected chi connectivity index (χ4v) is 3.34. The number of carbonyl (C=O) groups is 1. The number of hydrogen-bond acceptors (Lipinski definition) is 4. The predicted molar refractivity (Wildman–Crippen MR) is 113 cm³/mol. The summed E-state index contributed by atoms with van der Waals surface area (Å²) >= 11 is 6.75. The van der Waals surface area contributed by atoms with Crippen LogP contribution in [0.5, 0.6) is 0 Å². The molecule has 1 N–H and O–H groups in total. The molecule has 0 atom stereocenters.